The van der Waals surface area contributed by atoms with Crippen LogP contribution >= 0.6 is 11.8 Å². The lowest BCUT2D eigenvalue weighted by molar-refractivity contribution is 0.442. The van der Waals surface area contributed by atoms with Crippen LogP contribution in [-0.2, 0) is 0 Å². The van der Waals surface area contributed by atoms with E-state index in [2.05, 4.69) is 10.3 Å². The normalized spacial score (nSPS) is 22.6. The van der Waals surface area contributed by atoms with Crippen LogP contribution < -0.4 is 5.32 Å². The second-order valence-corrected chi connectivity index (χ2v) is 5.92. The van der Waals surface area contributed by atoms with Gasteiger partial charge in [0.05, 0.1) is 5.54 Å². The van der Waals surface area contributed by atoms with Crippen molar-refractivity contribution >= 4 is 22.6 Å². The lowest BCUT2D eigenvalue weighted by Crippen LogP contribution is -2.30. The fourth-order valence-corrected chi connectivity index (χ4v) is 3.00. The number of nitrogens with one attached hydrogen (secondary N) is 1. The van der Waals surface area contributed by atoms with Gasteiger partial charge in [0.15, 0.2) is 28.4 Å². The van der Waals surface area contributed by atoms with E-state index in [0.29, 0.717) is 0 Å². The van der Waals surface area contributed by atoms with Crippen molar-refractivity contribution in [1.82, 2.24) is 0 Å². The molecule has 1 aliphatic heterocycles. The summed E-state index contributed by atoms with van der Waals surface area (Å²) in [6, 6.07) is 0.182. The number of hydrogen-bond donors (Lipinski definition) is 1. The molecule has 1 aromatic rings. The molecule has 1 atom stereocenters. The Morgan fingerprint density at radius 3 is 2.40 bits per heavy atom. The predicted octanol–water partition coefficient (Wildman–Crippen LogP) is 4.32. The average molecular weight is 306 g/mol. The molecule has 0 amide bonds. The summed E-state index contributed by atoms with van der Waals surface area (Å²) in [5.41, 5.74) is -1.17. The summed E-state index contributed by atoms with van der Waals surface area (Å²) < 4.78 is 53.4. The van der Waals surface area contributed by atoms with Crippen LogP contribution in [0.2, 0.25) is 0 Å². The van der Waals surface area contributed by atoms with E-state index in [4.69, 9.17) is 0 Å². The third-order valence-electron chi connectivity index (χ3n) is 3.36. The molecule has 110 valence electrons. The van der Waals surface area contributed by atoms with Crippen molar-refractivity contribution < 1.29 is 17.6 Å². The first-order valence-corrected chi connectivity index (χ1v) is 7.17. The molecule has 7 heteroatoms. The smallest absolute Gasteiger partial charge is 0.185 e. The van der Waals surface area contributed by atoms with E-state index in [0.717, 1.165) is 18.6 Å². The highest BCUT2D eigenvalue weighted by atomic mass is 32.2. The number of aliphatic imine (C=N–C) groups is 1. The molecule has 0 radical (unpaired) electrons. The largest absolute Gasteiger partial charge is 0.330 e. The van der Waals surface area contributed by atoms with Crippen molar-refractivity contribution in [2.75, 3.05) is 11.1 Å². The second kappa shape index (κ2) is 5.63. The zero-order chi connectivity index (χ0) is 14.9. The van der Waals surface area contributed by atoms with Crippen molar-refractivity contribution in [2.45, 2.75) is 32.2 Å². The number of benzene rings is 1. The van der Waals surface area contributed by atoms with Crippen LogP contribution in [0.15, 0.2) is 11.1 Å². The summed E-state index contributed by atoms with van der Waals surface area (Å²) in [6.45, 7) is 3.88. The number of hydrogen-bond acceptors (Lipinski definition) is 3. The Bertz CT molecular complexity index is 536. The van der Waals surface area contributed by atoms with Crippen LogP contribution in [0.1, 0.15) is 26.7 Å². The van der Waals surface area contributed by atoms with Crippen molar-refractivity contribution in [1.29, 1.82) is 0 Å². The predicted molar refractivity (Wildman–Crippen MR) is 73.1 cm³/mol. The third-order valence-corrected chi connectivity index (χ3v) is 4.23. The van der Waals surface area contributed by atoms with Gasteiger partial charge in [-0.25, -0.2) is 17.6 Å². The summed E-state index contributed by atoms with van der Waals surface area (Å²) in [5, 5.41) is 2.64. The van der Waals surface area contributed by atoms with Gasteiger partial charge in [-0.1, -0.05) is 18.7 Å². The van der Waals surface area contributed by atoms with Crippen LogP contribution in [0, 0.1) is 23.3 Å². The minimum absolute atomic E-state index is 0.182. The van der Waals surface area contributed by atoms with Crippen molar-refractivity contribution in [2.24, 2.45) is 4.99 Å². The Labute approximate surface area is 118 Å². The summed E-state index contributed by atoms with van der Waals surface area (Å²) in [6.07, 6.45) is 1.60. The van der Waals surface area contributed by atoms with E-state index in [1.807, 2.05) is 13.8 Å². The fraction of sp³-hybridized carbons (Fsp3) is 0.462. The molecule has 1 aromatic carbocycles. The highest BCUT2D eigenvalue weighted by Crippen LogP contribution is 2.31. The number of halogens is 4. The topological polar surface area (TPSA) is 24.4 Å². The molecule has 0 fully saturated rings. The van der Waals surface area contributed by atoms with Gasteiger partial charge < -0.3 is 5.32 Å². The Morgan fingerprint density at radius 1 is 1.25 bits per heavy atom. The molecule has 2 nitrogen and oxygen atoms in total. The van der Waals surface area contributed by atoms with Crippen LogP contribution in [0.4, 0.5) is 23.2 Å². The Kier molecular flexibility index (Phi) is 4.27. The van der Waals surface area contributed by atoms with Crippen LogP contribution in [0.5, 0.6) is 0 Å². The molecule has 1 unspecified atom stereocenters. The molecule has 1 N–H and O–H groups in total. The third kappa shape index (κ3) is 2.92. The van der Waals surface area contributed by atoms with E-state index in [1.165, 1.54) is 11.8 Å². The molecule has 0 spiro atoms. The zero-order valence-corrected chi connectivity index (χ0v) is 11.9. The van der Waals surface area contributed by atoms with Gasteiger partial charge >= 0.3 is 0 Å². The quantitative estimate of drug-likeness (QED) is 0.650. The molecule has 20 heavy (non-hydrogen) atoms. The Morgan fingerprint density at radius 2 is 1.85 bits per heavy atom. The van der Waals surface area contributed by atoms with Crippen molar-refractivity contribution in [3.63, 3.8) is 0 Å². The van der Waals surface area contributed by atoms with Crippen LogP contribution in [-0.4, -0.2) is 16.5 Å². The van der Waals surface area contributed by atoms with E-state index in [9.17, 15) is 17.6 Å². The van der Waals surface area contributed by atoms with Gasteiger partial charge in [0.2, 0.25) is 0 Å². The average Bonchev–Trinajstić information content (AvgIpc) is 2.42. The Balaban J connectivity index is 2.36. The van der Waals surface area contributed by atoms with Gasteiger partial charge in [0, 0.05) is 11.8 Å². The van der Waals surface area contributed by atoms with Crippen molar-refractivity contribution in [3.8, 4) is 0 Å². The maximum absolute atomic E-state index is 13.6. The maximum Gasteiger partial charge on any atom is 0.185 e. The summed E-state index contributed by atoms with van der Waals surface area (Å²) in [7, 11) is 0. The van der Waals surface area contributed by atoms with Gasteiger partial charge in [-0.2, -0.15) is 0 Å². The van der Waals surface area contributed by atoms with E-state index >= 15 is 0 Å². The number of amidine groups is 1. The lowest BCUT2D eigenvalue weighted by atomic mass is 9.97. The number of thioether (sulfide) groups is 1. The molecule has 0 saturated carbocycles. The molecular formula is C13H14F4N2S. The molecular weight excluding hydrogens is 292 g/mol. The number of rotatable bonds is 2. The van der Waals surface area contributed by atoms with E-state index < -0.39 is 29.0 Å². The molecule has 0 saturated heterocycles. The van der Waals surface area contributed by atoms with Crippen LogP contribution in [0.25, 0.3) is 0 Å². The first-order valence-electron chi connectivity index (χ1n) is 6.19. The fourth-order valence-electron chi connectivity index (χ4n) is 1.81. The lowest BCUT2D eigenvalue weighted by Gasteiger charge is -2.29. The SMILES string of the molecule is CCC1(C)CCSC(Nc2c(F)c(F)cc(F)c2F)=N1. The standard InChI is InChI=1S/C13H14F4N2S/c1-3-13(2)4-5-20-12(19-13)18-11-9(16)7(14)6-8(15)10(11)17/h6H,3-5H2,1-2H3,(H,18,19). The van der Waals surface area contributed by atoms with E-state index in [1.54, 1.807) is 0 Å². The molecule has 0 bridgehead atoms. The Hall–Kier alpha value is -1.24. The molecule has 0 aromatic heterocycles. The van der Waals surface area contributed by atoms with Gasteiger partial charge in [-0.3, -0.25) is 4.99 Å². The molecule has 2 rings (SSSR count). The highest BCUT2D eigenvalue weighted by Gasteiger charge is 2.27. The molecule has 0 aliphatic carbocycles. The summed E-state index contributed by atoms with van der Waals surface area (Å²) in [5.74, 6) is -5.05. The van der Waals surface area contributed by atoms with Gasteiger partial charge in [-0.15, -0.1) is 0 Å². The van der Waals surface area contributed by atoms with E-state index in [-0.39, 0.29) is 16.8 Å². The van der Waals surface area contributed by atoms with Gasteiger partial charge in [0.25, 0.3) is 0 Å². The highest BCUT2D eigenvalue weighted by molar-refractivity contribution is 8.14. The minimum atomic E-state index is -1.45. The second-order valence-electron chi connectivity index (χ2n) is 4.83. The monoisotopic (exact) mass is 306 g/mol. The molecule has 1 heterocycles. The zero-order valence-electron chi connectivity index (χ0n) is 11.1. The summed E-state index contributed by atoms with van der Waals surface area (Å²) in [4.78, 5) is 4.36. The number of nitrogens with zero attached hydrogens (tertiary/aromatic N) is 1. The van der Waals surface area contributed by atoms with Crippen LogP contribution in [0.3, 0.4) is 0 Å². The summed E-state index contributed by atoms with van der Waals surface area (Å²) >= 11 is 1.27. The molecule has 1 aliphatic rings. The first-order chi connectivity index (χ1) is 9.36. The first kappa shape index (κ1) is 15.2. The number of anilines is 1. The van der Waals surface area contributed by atoms with Crippen molar-refractivity contribution in [3.05, 3.63) is 29.3 Å². The minimum Gasteiger partial charge on any atom is -0.330 e. The maximum atomic E-state index is 13.6. The van der Waals surface area contributed by atoms with Gasteiger partial charge in [0.1, 0.15) is 5.69 Å². The van der Waals surface area contributed by atoms with Gasteiger partial charge in [-0.05, 0) is 19.8 Å².